The number of benzene rings is 1. The molecule has 2 aromatic rings. The summed E-state index contributed by atoms with van der Waals surface area (Å²) in [4.78, 5) is 22.9. The number of aliphatic carboxylic acids is 1. The van der Waals surface area contributed by atoms with Crippen LogP contribution in [0, 0.1) is 0 Å². The van der Waals surface area contributed by atoms with Gasteiger partial charge in [-0.15, -0.1) is 0 Å². The van der Waals surface area contributed by atoms with Crippen LogP contribution in [-0.4, -0.2) is 33.7 Å². The lowest BCUT2D eigenvalue weighted by Crippen LogP contribution is -2.31. The van der Waals surface area contributed by atoms with E-state index in [1.165, 1.54) is 12.4 Å². The molecule has 1 aromatic heterocycles. The van der Waals surface area contributed by atoms with Crippen LogP contribution in [0.3, 0.4) is 0 Å². The van der Waals surface area contributed by atoms with Crippen LogP contribution in [0.4, 0.5) is 0 Å². The highest BCUT2D eigenvalue weighted by molar-refractivity contribution is 5.94. The van der Waals surface area contributed by atoms with Crippen molar-refractivity contribution in [1.29, 1.82) is 0 Å². The largest absolute Gasteiger partial charge is 0.481 e. The van der Waals surface area contributed by atoms with Gasteiger partial charge < -0.3 is 10.4 Å². The lowest BCUT2D eigenvalue weighted by atomic mass is 9.99. The van der Waals surface area contributed by atoms with E-state index in [4.69, 9.17) is 0 Å². The van der Waals surface area contributed by atoms with Gasteiger partial charge in [-0.1, -0.05) is 30.3 Å². The fourth-order valence-electron chi connectivity index (χ4n) is 1.70. The van der Waals surface area contributed by atoms with Gasteiger partial charge in [-0.3, -0.25) is 14.7 Å². The van der Waals surface area contributed by atoms with E-state index in [1.54, 1.807) is 24.3 Å². The quantitative estimate of drug-likeness (QED) is 0.746. The first-order chi connectivity index (χ1) is 9.18. The van der Waals surface area contributed by atoms with Crippen molar-refractivity contribution in [2.75, 3.05) is 6.54 Å². The van der Waals surface area contributed by atoms with Crippen molar-refractivity contribution in [2.24, 2.45) is 0 Å². The van der Waals surface area contributed by atoms with Crippen molar-refractivity contribution in [3.8, 4) is 0 Å². The molecule has 0 spiro atoms. The van der Waals surface area contributed by atoms with E-state index in [-0.39, 0.29) is 12.5 Å². The minimum absolute atomic E-state index is 0.0311. The van der Waals surface area contributed by atoms with Gasteiger partial charge in [0.1, 0.15) is 0 Å². The Balaban J connectivity index is 2.03. The molecule has 0 aliphatic rings. The molecule has 0 saturated heterocycles. The molecule has 6 nitrogen and oxygen atoms in total. The molecule has 0 fully saturated rings. The molecule has 1 heterocycles. The highest BCUT2D eigenvalue weighted by atomic mass is 16.4. The molecule has 0 aliphatic heterocycles. The van der Waals surface area contributed by atoms with Gasteiger partial charge in [-0.05, 0) is 5.56 Å². The summed E-state index contributed by atoms with van der Waals surface area (Å²) in [6.07, 6.45) is 2.83. The fraction of sp³-hybridized carbons (Fsp3) is 0.154. The normalized spacial score (nSPS) is 11.8. The SMILES string of the molecule is O=C(NCC(C(=O)O)c1ccccc1)c1cn[nH]c1. The number of carbonyl (C=O) groups is 2. The molecule has 0 aliphatic carbocycles. The van der Waals surface area contributed by atoms with Gasteiger partial charge in [0.2, 0.25) is 0 Å². The third kappa shape index (κ3) is 3.19. The van der Waals surface area contributed by atoms with Gasteiger partial charge >= 0.3 is 5.97 Å². The van der Waals surface area contributed by atoms with E-state index in [9.17, 15) is 14.7 Å². The maximum atomic E-state index is 11.7. The van der Waals surface area contributed by atoms with Crippen molar-refractivity contribution < 1.29 is 14.7 Å². The number of nitrogens with zero attached hydrogens (tertiary/aromatic N) is 1. The Bertz CT molecular complexity index is 552. The Morgan fingerprint density at radius 2 is 2.05 bits per heavy atom. The Hall–Kier alpha value is -2.63. The van der Waals surface area contributed by atoms with Crippen LogP contribution in [-0.2, 0) is 4.79 Å². The summed E-state index contributed by atoms with van der Waals surface area (Å²) in [5.41, 5.74) is 1.03. The van der Waals surface area contributed by atoms with Crippen LogP contribution in [0.15, 0.2) is 42.7 Å². The first kappa shape index (κ1) is 12.8. The van der Waals surface area contributed by atoms with Gasteiger partial charge in [-0.2, -0.15) is 5.10 Å². The van der Waals surface area contributed by atoms with Gasteiger partial charge in [0.15, 0.2) is 0 Å². The number of carboxylic acid groups (broad SMARTS) is 1. The summed E-state index contributed by atoms with van der Waals surface area (Å²) in [6, 6.07) is 8.80. The number of amides is 1. The maximum absolute atomic E-state index is 11.7. The highest BCUT2D eigenvalue weighted by Gasteiger charge is 2.20. The molecule has 1 amide bonds. The minimum Gasteiger partial charge on any atom is -0.481 e. The molecule has 3 N–H and O–H groups in total. The molecule has 1 unspecified atom stereocenters. The van der Waals surface area contributed by atoms with Gasteiger partial charge in [0, 0.05) is 12.7 Å². The second-order valence-corrected chi connectivity index (χ2v) is 4.00. The number of H-pyrrole nitrogens is 1. The molecule has 0 saturated carbocycles. The van der Waals surface area contributed by atoms with Gasteiger partial charge in [-0.25, -0.2) is 0 Å². The maximum Gasteiger partial charge on any atom is 0.312 e. The second-order valence-electron chi connectivity index (χ2n) is 4.00. The predicted molar refractivity (Wildman–Crippen MR) is 67.7 cm³/mol. The first-order valence-electron chi connectivity index (χ1n) is 5.73. The Labute approximate surface area is 109 Å². The smallest absolute Gasteiger partial charge is 0.312 e. The lowest BCUT2D eigenvalue weighted by Gasteiger charge is -2.13. The molecule has 6 heteroatoms. The Morgan fingerprint density at radius 3 is 2.63 bits per heavy atom. The minimum atomic E-state index is -0.973. The van der Waals surface area contributed by atoms with Crippen LogP contribution in [0.1, 0.15) is 21.8 Å². The van der Waals surface area contributed by atoms with E-state index in [2.05, 4.69) is 15.5 Å². The molecular formula is C13H13N3O3. The number of rotatable bonds is 5. The van der Waals surface area contributed by atoms with E-state index in [1.807, 2.05) is 6.07 Å². The van der Waals surface area contributed by atoms with Crippen LogP contribution in [0.2, 0.25) is 0 Å². The van der Waals surface area contributed by atoms with Crippen LogP contribution >= 0.6 is 0 Å². The summed E-state index contributed by atoms with van der Waals surface area (Å²) < 4.78 is 0. The summed E-state index contributed by atoms with van der Waals surface area (Å²) in [5, 5.41) is 18.0. The number of hydrogen-bond acceptors (Lipinski definition) is 3. The summed E-state index contributed by atoms with van der Waals surface area (Å²) in [6.45, 7) is 0.0311. The molecule has 19 heavy (non-hydrogen) atoms. The number of aromatic nitrogens is 2. The molecule has 0 bridgehead atoms. The average molecular weight is 259 g/mol. The molecule has 1 aromatic carbocycles. The van der Waals surface area contributed by atoms with Crippen molar-refractivity contribution in [1.82, 2.24) is 15.5 Å². The van der Waals surface area contributed by atoms with Crippen LogP contribution in [0.25, 0.3) is 0 Å². The molecule has 98 valence electrons. The number of nitrogens with one attached hydrogen (secondary N) is 2. The lowest BCUT2D eigenvalue weighted by molar-refractivity contribution is -0.138. The number of carboxylic acids is 1. The molecule has 0 radical (unpaired) electrons. The van der Waals surface area contributed by atoms with Crippen LogP contribution < -0.4 is 5.32 Å². The highest BCUT2D eigenvalue weighted by Crippen LogP contribution is 2.14. The number of carbonyl (C=O) groups excluding carboxylic acids is 1. The summed E-state index contributed by atoms with van der Waals surface area (Å²) >= 11 is 0. The predicted octanol–water partition coefficient (Wildman–Crippen LogP) is 1.01. The zero-order valence-corrected chi connectivity index (χ0v) is 10.0. The zero-order valence-electron chi connectivity index (χ0n) is 10.0. The Kier molecular flexibility index (Phi) is 3.92. The van der Waals surface area contributed by atoms with E-state index < -0.39 is 11.9 Å². The summed E-state index contributed by atoms with van der Waals surface area (Å²) in [5.74, 6) is -2.09. The van der Waals surface area contributed by atoms with Crippen molar-refractivity contribution in [2.45, 2.75) is 5.92 Å². The standard InChI is InChI=1S/C13H13N3O3/c17-12(10-6-15-16-7-10)14-8-11(13(18)19)9-4-2-1-3-5-9/h1-7,11H,8H2,(H,14,17)(H,15,16)(H,18,19). The number of aromatic amines is 1. The summed E-state index contributed by atoms with van der Waals surface area (Å²) in [7, 11) is 0. The Morgan fingerprint density at radius 1 is 1.32 bits per heavy atom. The fourth-order valence-corrected chi connectivity index (χ4v) is 1.70. The number of hydrogen-bond donors (Lipinski definition) is 3. The van der Waals surface area contributed by atoms with Crippen molar-refractivity contribution in [3.63, 3.8) is 0 Å². The zero-order chi connectivity index (χ0) is 13.7. The second kappa shape index (κ2) is 5.81. The third-order valence-electron chi connectivity index (χ3n) is 2.73. The topological polar surface area (TPSA) is 95.1 Å². The monoisotopic (exact) mass is 259 g/mol. The molecule has 2 rings (SSSR count). The van der Waals surface area contributed by atoms with Gasteiger partial charge in [0.25, 0.3) is 5.91 Å². The third-order valence-corrected chi connectivity index (χ3v) is 2.73. The molecule has 1 atom stereocenters. The van der Waals surface area contributed by atoms with E-state index in [0.29, 0.717) is 11.1 Å². The first-order valence-corrected chi connectivity index (χ1v) is 5.73. The molecular weight excluding hydrogens is 246 g/mol. The van der Waals surface area contributed by atoms with Gasteiger partial charge in [0.05, 0.1) is 17.7 Å². The van der Waals surface area contributed by atoms with E-state index >= 15 is 0 Å². The van der Waals surface area contributed by atoms with Crippen LogP contribution in [0.5, 0.6) is 0 Å². The van der Waals surface area contributed by atoms with Crippen molar-refractivity contribution >= 4 is 11.9 Å². The average Bonchev–Trinajstić information content (AvgIpc) is 2.93. The van der Waals surface area contributed by atoms with E-state index in [0.717, 1.165) is 0 Å². The van der Waals surface area contributed by atoms with Crippen molar-refractivity contribution in [3.05, 3.63) is 53.9 Å².